The molecule has 6 nitrogen and oxygen atoms in total. The van der Waals surface area contributed by atoms with Crippen LogP contribution in [0, 0.1) is 18.3 Å². The number of carboxylic acid groups (broad SMARTS) is 1. The van der Waals surface area contributed by atoms with Crippen molar-refractivity contribution in [2.75, 3.05) is 0 Å². The van der Waals surface area contributed by atoms with Crippen molar-refractivity contribution in [3.05, 3.63) is 28.7 Å². The van der Waals surface area contributed by atoms with Crippen molar-refractivity contribution in [1.29, 1.82) is 5.26 Å². The first-order chi connectivity index (χ1) is 8.47. The zero-order valence-electron chi connectivity index (χ0n) is 10.3. The number of rotatable bonds is 2. The number of aromatic carboxylic acids is 1. The fraction of sp³-hybridized carbons (Fsp3) is 0.333. The Kier molecular flexibility index (Phi) is 2.75. The maximum Gasteiger partial charge on any atom is 0.337 e. The van der Waals surface area contributed by atoms with Gasteiger partial charge in [-0.2, -0.15) is 10.4 Å². The van der Waals surface area contributed by atoms with Crippen molar-refractivity contribution >= 4 is 11.6 Å². The normalized spacial score (nSPS) is 10.8. The van der Waals surface area contributed by atoms with Gasteiger partial charge in [-0.25, -0.2) is 14.3 Å². The van der Waals surface area contributed by atoms with Gasteiger partial charge in [0.05, 0.1) is 17.5 Å². The van der Waals surface area contributed by atoms with Gasteiger partial charge >= 0.3 is 5.97 Å². The Balaban J connectivity index is 2.92. The molecule has 1 N–H and O–H groups in total. The molecule has 0 aliphatic carbocycles. The van der Waals surface area contributed by atoms with Crippen LogP contribution in [-0.4, -0.2) is 25.7 Å². The van der Waals surface area contributed by atoms with Crippen LogP contribution in [0.1, 0.15) is 47.1 Å². The molecule has 0 saturated heterocycles. The molecule has 0 aliphatic rings. The molecule has 0 atom stereocenters. The lowest BCUT2D eigenvalue weighted by Gasteiger charge is -2.10. The maximum atomic E-state index is 11.2. The average Bonchev–Trinajstić information content (AvgIpc) is 2.62. The third-order valence-electron chi connectivity index (χ3n) is 2.78. The summed E-state index contributed by atoms with van der Waals surface area (Å²) in [5, 5.41) is 22.2. The van der Waals surface area contributed by atoms with Crippen LogP contribution in [0.3, 0.4) is 0 Å². The van der Waals surface area contributed by atoms with E-state index in [1.54, 1.807) is 6.92 Å². The molecule has 0 saturated carbocycles. The molecule has 18 heavy (non-hydrogen) atoms. The number of imidazole rings is 1. The minimum atomic E-state index is -1.03. The van der Waals surface area contributed by atoms with Crippen LogP contribution in [-0.2, 0) is 0 Å². The molecule has 92 valence electrons. The minimum Gasteiger partial charge on any atom is -0.478 e. The summed E-state index contributed by atoms with van der Waals surface area (Å²) >= 11 is 0. The van der Waals surface area contributed by atoms with Crippen LogP contribution in [0.15, 0.2) is 6.20 Å². The summed E-state index contributed by atoms with van der Waals surface area (Å²) in [6.07, 6.45) is 1.27. The van der Waals surface area contributed by atoms with Gasteiger partial charge in [-0.05, 0) is 12.8 Å². The highest BCUT2D eigenvalue weighted by Gasteiger charge is 2.21. The number of aromatic nitrogens is 3. The van der Waals surface area contributed by atoms with E-state index in [0.717, 1.165) is 0 Å². The van der Waals surface area contributed by atoms with E-state index in [1.807, 2.05) is 19.9 Å². The third-order valence-corrected chi connectivity index (χ3v) is 2.78. The number of nitrogens with zero attached hydrogens (tertiary/aromatic N) is 4. The summed E-state index contributed by atoms with van der Waals surface area (Å²) in [7, 11) is 0. The molecule has 2 rings (SSSR count). The Morgan fingerprint density at radius 3 is 2.72 bits per heavy atom. The fourth-order valence-corrected chi connectivity index (χ4v) is 1.98. The number of carbonyl (C=O) groups is 1. The first-order valence-electron chi connectivity index (χ1n) is 5.49. The Morgan fingerprint density at radius 2 is 2.22 bits per heavy atom. The lowest BCUT2D eigenvalue weighted by atomic mass is 10.00. The molecule has 0 amide bonds. The summed E-state index contributed by atoms with van der Waals surface area (Å²) in [6.45, 7) is 5.48. The summed E-state index contributed by atoms with van der Waals surface area (Å²) in [5.41, 5.74) is 2.06. The van der Waals surface area contributed by atoms with Crippen LogP contribution in [0.25, 0.3) is 5.65 Å². The summed E-state index contributed by atoms with van der Waals surface area (Å²) in [6, 6.07) is 2.02. The molecule has 0 fully saturated rings. The molecular weight excluding hydrogens is 232 g/mol. The SMILES string of the molecule is Cc1nc2c(C(C)C)c(C(=O)O)cnn2c1C#N. The first-order valence-corrected chi connectivity index (χ1v) is 5.49. The molecular formula is C12H12N4O2. The van der Waals surface area contributed by atoms with E-state index >= 15 is 0 Å². The van der Waals surface area contributed by atoms with Gasteiger partial charge in [0.2, 0.25) is 0 Å². The van der Waals surface area contributed by atoms with Crippen molar-refractivity contribution in [2.24, 2.45) is 0 Å². The van der Waals surface area contributed by atoms with Crippen LogP contribution in [0.4, 0.5) is 0 Å². The topological polar surface area (TPSA) is 91.3 Å². The summed E-state index contributed by atoms with van der Waals surface area (Å²) in [5.74, 6) is -1.05. The summed E-state index contributed by atoms with van der Waals surface area (Å²) < 4.78 is 1.40. The molecule has 0 bridgehead atoms. The first kappa shape index (κ1) is 12.0. The standard InChI is InChI=1S/C12H12N4O2/c1-6(2)10-8(12(17)18)5-14-16-9(4-13)7(3)15-11(10)16/h5-6H,1-3H3,(H,17,18). The van der Waals surface area contributed by atoms with Crippen molar-refractivity contribution < 1.29 is 9.90 Å². The molecule has 2 aromatic rings. The largest absolute Gasteiger partial charge is 0.478 e. The maximum absolute atomic E-state index is 11.2. The van der Waals surface area contributed by atoms with Crippen molar-refractivity contribution in [2.45, 2.75) is 26.7 Å². The number of aryl methyl sites for hydroxylation is 1. The zero-order valence-corrected chi connectivity index (χ0v) is 10.3. The second-order valence-electron chi connectivity index (χ2n) is 4.32. The van der Waals surface area contributed by atoms with Crippen molar-refractivity contribution in [3.63, 3.8) is 0 Å². The predicted molar refractivity (Wildman–Crippen MR) is 63.5 cm³/mol. The zero-order chi connectivity index (χ0) is 13.4. The smallest absolute Gasteiger partial charge is 0.337 e. The second kappa shape index (κ2) is 4.11. The lowest BCUT2D eigenvalue weighted by molar-refractivity contribution is 0.0694. The molecule has 0 unspecified atom stereocenters. The molecule has 0 spiro atoms. The van der Waals surface area contributed by atoms with E-state index in [1.165, 1.54) is 10.7 Å². The van der Waals surface area contributed by atoms with Crippen LogP contribution >= 0.6 is 0 Å². The Hall–Kier alpha value is -2.42. The van der Waals surface area contributed by atoms with Gasteiger partial charge in [0.25, 0.3) is 0 Å². The number of fused-ring (bicyclic) bond motifs is 1. The molecule has 0 aromatic carbocycles. The quantitative estimate of drug-likeness (QED) is 0.868. The fourth-order valence-electron chi connectivity index (χ4n) is 1.98. The second-order valence-corrected chi connectivity index (χ2v) is 4.32. The van der Waals surface area contributed by atoms with Crippen LogP contribution < -0.4 is 0 Å². The van der Waals surface area contributed by atoms with E-state index in [0.29, 0.717) is 22.6 Å². The number of hydrogen-bond donors (Lipinski definition) is 1. The molecule has 6 heteroatoms. The Bertz CT molecular complexity index is 679. The third kappa shape index (κ3) is 1.61. The van der Waals surface area contributed by atoms with Gasteiger partial charge < -0.3 is 5.11 Å². The number of hydrogen-bond acceptors (Lipinski definition) is 4. The highest BCUT2D eigenvalue weighted by Crippen LogP contribution is 2.25. The molecule has 0 radical (unpaired) electrons. The van der Waals surface area contributed by atoms with E-state index in [-0.39, 0.29) is 11.5 Å². The lowest BCUT2D eigenvalue weighted by Crippen LogP contribution is -2.09. The van der Waals surface area contributed by atoms with Crippen LogP contribution in [0.2, 0.25) is 0 Å². The van der Waals surface area contributed by atoms with Crippen LogP contribution in [0.5, 0.6) is 0 Å². The monoisotopic (exact) mass is 244 g/mol. The molecule has 2 aromatic heterocycles. The van der Waals surface area contributed by atoms with Gasteiger partial charge in [0.1, 0.15) is 6.07 Å². The van der Waals surface area contributed by atoms with Gasteiger partial charge in [-0.3, -0.25) is 0 Å². The van der Waals surface area contributed by atoms with Gasteiger partial charge in [0, 0.05) is 5.56 Å². The summed E-state index contributed by atoms with van der Waals surface area (Å²) in [4.78, 5) is 15.5. The van der Waals surface area contributed by atoms with Crippen molar-refractivity contribution in [3.8, 4) is 6.07 Å². The average molecular weight is 244 g/mol. The van der Waals surface area contributed by atoms with E-state index in [4.69, 9.17) is 10.4 Å². The van der Waals surface area contributed by atoms with Gasteiger partial charge in [0.15, 0.2) is 11.3 Å². The predicted octanol–water partition coefficient (Wildman–Crippen LogP) is 1.73. The number of carboxylic acids is 1. The van der Waals surface area contributed by atoms with Gasteiger partial charge in [-0.15, -0.1) is 0 Å². The Morgan fingerprint density at radius 1 is 1.56 bits per heavy atom. The van der Waals surface area contributed by atoms with E-state index < -0.39 is 5.97 Å². The van der Waals surface area contributed by atoms with E-state index in [2.05, 4.69) is 10.1 Å². The van der Waals surface area contributed by atoms with Crippen molar-refractivity contribution in [1.82, 2.24) is 14.6 Å². The minimum absolute atomic E-state index is 0.0186. The van der Waals surface area contributed by atoms with Gasteiger partial charge in [-0.1, -0.05) is 13.8 Å². The Labute approximate surface area is 103 Å². The highest BCUT2D eigenvalue weighted by atomic mass is 16.4. The molecule has 0 aliphatic heterocycles. The number of nitriles is 1. The highest BCUT2D eigenvalue weighted by molar-refractivity contribution is 5.91. The van der Waals surface area contributed by atoms with E-state index in [9.17, 15) is 4.79 Å². The molecule has 2 heterocycles.